The minimum Gasteiger partial charge on any atom is -0.365 e. The van der Waals surface area contributed by atoms with Gasteiger partial charge in [0.05, 0.1) is 0 Å². The van der Waals surface area contributed by atoms with E-state index in [1.165, 1.54) is 19.3 Å². The molecule has 0 aliphatic heterocycles. The highest BCUT2D eigenvalue weighted by Crippen LogP contribution is 2.78. The summed E-state index contributed by atoms with van der Waals surface area (Å²) in [7, 11) is 0. The van der Waals surface area contributed by atoms with Gasteiger partial charge in [-0.3, -0.25) is 0 Å². The molecule has 0 aromatic rings. The maximum atomic E-state index is 9.90. The smallest absolute Gasteiger partial charge is 0.168 e. The summed E-state index contributed by atoms with van der Waals surface area (Å²) >= 11 is 0. The molecule has 0 radical (unpaired) electrons. The Labute approximate surface area is 72.6 Å². The normalized spacial score (nSPS) is 38.5. The average Bonchev–Trinajstić information content (AvgIpc) is 2.78. The second-order valence-corrected chi connectivity index (χ2v) is 5.03. The van der Waals surface area contributed by atoms with E-state index in [1.807, 2.05) is 0 Å². The fourth-order valence-corrected chi connectivity index (χ4v) is 3.51. The maximum Gasteiger partial charge on any atom is 0.168 e. The molecule has 2 spiro atoms. The molecule has 0 heterocycles. The van der Waals surface area contributed by atoms with Crippen molar-refractivity contribution in [2.75, 3.05) is 0 Å². The van der Waals surface area contributed by atoms with Crippen molar-refractivity contribution in [3.8, 4) is 0 Å². The van der Waals surface area contributed by atoms with E-state index >= 15 is 0 Å². The number of hydrogen-bond acceptors (Lipinski definition) is 2. The van der Waals surface area contributed by atoms with Gasteiger partial charge in [0.2, 0.25) is 0 Å². The summed E-state index contributed by atoms with van der Waals surface area (Å²) in [6, 6.07) is 0. The Morgan fingerprint density at radius 2 is 1.42 bits per heavy atom. The van der Waals surface area contributed by atoms with Crippen LogP contribution >= 0.6 is 0 Å². The Kier molecular flexibility index (Phi) is 1.06. The summed E-state index contributed by atoms with van der Waals surface area (Å²) < 4.78 is 0. The van der Waals surface area contributed by atoms with Gasteiger partial charge in [0.25, 0.3) is 0 Å². The predicted octanol–water partition coefficient (Wildman–Crippen LogP) is 1.41. The predicted molar refractivity (Wildman–Crippen MR) is 44.4 cm³/mol. The first-order valence-corrected chi connectivity index (χ1v) is 5.07. The van der Waals surface area contributed by atoms with E-state index in [2.05, 4.69) is 0 Å². The third-order valence-electron chi connectivity index (χ3n) is 4.57. The lowest BCUT2D eigenvalue weighted by Gasteiger charge is -2.42. The summed E-state index contributed by atoms with van der Waals surface area (Å²) in [6.07, 6.45) is 7.46. The van der Waals surface area contributed by atoms with Gasteiger partial charge in [-0.25, -0.2) is 0 Å². The lowest BCUT2D eigenvalue weighted by molar-refractivity contribution is -0.248. The highest BCUT2D eigenvalue weighted by molar-refractivity contribution is 5.21. The maximum absolute atomic E-state index is 9.90. The fourth-order valence-electron chi connectivity index (χ4n) is 3.51. The van der Waals surface area contributed by atoms with Crippen molar-refractivity contribution in [3.63, 3.8) is 0 Å². The Hall–Kier alpha value is -0.0800. The quantitative estimate of drug-likeness (QED) is 0.537. The molecule has 0 saturated heterocycles. The highest BCUT2D eigenvalue weighted by Gasteiger charge is 2.74. The van der Waals surface area contributed by atoms with Crippen LogP contribution in [0.4, 0.5) is 0 Å². The van der Waals surface area contributed by atoms with E-state index in [0.29, 0.717) is 11.8 Å². The molecule has 3 fully saturated rings. The van der Waals surface area contributed by atoms with Crippen LogP contribution in [0, 0.1) is 10.8 Å². The second kappa shape index (κ2) is 1.73. The van der Waals surface area contributed by atoms with Crippen LogP contribution in [0.2, 0.25) is 0 Å². The third kappa shape index (κ3) is 0.612. The van der Waals surface area contributed by atoms with E-state index in [-0.39, 0.29) is 5.41 Å². The average molecular weight is 168 g/mol. The largest absolute Gasteiger partial charge is 0.365 e. The van der Waals surface area contributed by atoms with Gasteiger partial charge in [0, 0.05) is 11.8 Å². The summed E-state index contributed by atoms with van der Waals surface area (Å²) in [5, 5.41) is 19.8. The van der Waals surface area contributed by atoms with Crippen molar-refractivity contribution in [2.45, 2.75) is 50.7 Å². The molecule has 2 N–H and O–H groups in total. The number of hydrogen-bond donors (Lipinski definition) is 2. The second-order valence-electron chi connectivity index (χ2n) is 5.03. The molecule has 2 heteroatoms. The van der Waals surface area contributed by atoms with Crippen LogP contribution in [0.25, 0.3) is 0 Å². The van der Waals surface area contributed by atoms with Crippen molar-refractivity contribution in [1.82, 2.24) is 0 Å². The molecule has 0 atom stereocenters. The Bertz CT molecular complexity index is 216. The molecular formula is C10H16O2. The van der Waals surface area contributed by atoms with Gasteiger partial charge >= 0.3 is 0 Å². The van der Waals surface area contributed by atoms with Gasteiger partial charge < -0.3 is 10.2 Å². The fraction of sp³-hybridized carbons (Fsp3) is 1.00. The van der Waals surface area contributed by atoms with Crippen LogP contribution in [0.1, 0.15) is 44.9 Å². The van der Waals surface area contributed by atoms with Crippen molar-refractivity contribution in [1.29, 1.82) is 0 Å². The third-order valence-corrected chi connectivity index (χ3v) is 4.57. The summed E-state index contributed by atoms with van der Waals surface area (Å²) in [5.74, 6) is -1.32. The molecule has 3 aliphatic rings. The molecule has 3 rings (SSSR count). The zero-order valence-corrected chi connectivity index (χ0v) is 7.34. The molecule has 12 heavy (non-hydrogen) atoms. The standard InChI is InChI=1S/C10H16O2/c11-10(12)3-1-2-8(4-5-8)9(10)6-7-9/h11-12H,1-7H2. The van der Waals surface area contributed by atoms with E-state index in [4.69, 9.17) is 0 Å². The van der Waals surface area contributed by atoms with Crippen molar-refractivity contribution >= 4 is 0 Å². The van der Waals surface area contributed by atoms with Crippen molar-refractivity contribution < 1.29 is 10.2 Å². The Morgan fingerprint density at radius 1 is 0.750 bits per heavy atom. The summed E-state index contributed by atoms with van der Waals surface area (Å²) in [4.78, 5) is 0. The molecule has 0 aromatic carbocycles. The molecule has 2 nitrogen and oxygen atoms in total. The van der Waals surface area contributed by atoms with Crippen LogP contribution in [-0.4, -0.2) is 16.0 Å². The van der Waals surface area contributed by atoms with Gasteiger partial charge in [0.15, 0.2) is 5.79 Å². The van der Waals surface area contributed by atoms with E-state index in [0.717, 1.165) is 19.3 Å². The minimum atomic E-state index is -1.32. The van der Waals surface area contributed by atoms with Crippen LogP contribution in [0.5, 0.6) is 0 Å². The van der Waals surface area contributed by atoms with E-state index in [1.54, 1.807) is 0 Å². The summed E-state index contributed by atoms with van der Waals surface area (Å²) in [6.45, 7) is 0. The first-order valence-electron chi connectivity index (χ1n) is 5.07. The molecule has 3 aliphatic carbocycles. The lowest BCUT2D eigenvalue weighted by Crippen LogP contribution is -2.48. The zero-order chi connectivity index (χ0) is 8.45. The number of aliphatic hydroxyl groups is 2. The Balaban J connectivity index is 1.99. The molecule has 3 saturated carbocycles. The molecule has 0 aromatic heterocycles. The first-order chi connectivity index (χ1) is 5.62. The van der Waals surface area contributed by atoms with E-state index in [9.17, 15) is 10.2 Å². The number of fused-ring (bicyclic) bond motifs is 1. The minimum absolute atomic E-state index is 0.0573. The van der Waals surface area contributed by atoms with Crippen LogP contribution < -0.4 is 0 Å². The van der Waals surface area contributed by atoms with Crippen LogP contribution in [0.3, 0.4) is 0 Å². The SMILES string of the molecule is OC1(O)CCCC2(CC2)C12CC2. The van der Waals surface area contributed by atoms with Gasteiger partial charge in [-0.15, -0.1) is 0 Å². The molecule has 0 bridgehead atoms. The highest BCUT2D eigenvalue weighted by atomic mass is 16.5. The lowest BCUT2D eigenvalue weighted by atomic mass is 9.69. The van der Waals surface area contributed by atoms with Gasteiger partial charge in [-0.2, -0.15) is 0 Å². The zero-order valence-electron chi connectivity index (χ0n) is 7.34. The Morgan fingerprint density at radius 3 is 1.83 bits per heavy atom. The van der Waals surface area contributed by atoms with Crippen LogP contribution in [0.15, 0.2) is 0 Å². The first kappa shape index (κ1) is 7.34. The van der Waals surface area contributed by atoms with Crippen molar-refractivity contribution in [2.24, 2.45) is 10.8 Å². The van der Waals surface area contributed by atoms with Gasteiger partial charge in [-0.05, 0) is 43.9 Å². The summed E-state index contributed by atoms with van der Waals surface area (Å²) in [5.41, 5.74) is 0.313. The molecular weight excluding hydrogens is 152 g/mol. The van der Waals surface area contributed by atoms with E-state index < -0.39 is 5.79 Å². The van der Waals surface area contributed by atoms with Crippen LogP contribution in [-0.2, 0) is 0 Å². The molecule has 0 amide bonds. The topological polar surface area (TPSA) is 40.5 Å². The van der Waals surface area contributed by atoms with Gasteiger partial charge in [0.1, 0.15) is 0 Å². The van der Waals surface area contributed by atoms with Gasteiger partial charge in [-0.1, -0.05) is 0 Å². The molecule has 0 unspecified atom stereocenters. The molecule has 68 valence electrons. The number of rotatable bonds is 0. The monoisotopic (exact) mass is 168 g/mol. The van der Waals surface area contributed by atoms with Crippen molar-refractivity contribution in [3.05, 3.63) is 0 Å².